The van der Waals surface area contributed by atoms with Gasteiger partial charge in [-0.25, -0.2) is 9.59 Å². The molecule has 0 aromatic heterocycles. The number of hydrogen-bond acceptors (Lipinski definition) is 8. The third-order valence-electron chi connectivity index (χ3n) is 5.52. The Bertz CT molecular complexity index is 1050. The van der Waals surface area contributed by atoms with Gasteiger partial charge in [0.1, 0.15) is 6.04 Å². The lowest BCUT2D eigenvalue weighted by Crippen LogP contribution is -2.49. The van der Waals surface area contributed by atoms with E-state index in [1.165, 1.54) is 38.5 Å². The number of methoxy groups -OCH3 is 2. The number of nitrogens with zero attached hydrogens (tertiary/aromatic N) is 1. The van der Waals surface area contributed by atoms with E-state index in [4.69, 9.17) is 10.5 Å². The molecular formula is C24H27N3O6. The number of hydrogen-bond donors (Lipinski definition) is 2. The normalized spacial score (nSPS) is 12.8. The van der Waals surface area contributed by atoms with E-state index in [-0.39, 0.29) is 24.1 Å². The molecule has 0 fully saturated rings. The molecule has 0 bridgehead atoms. The topological polar surface area (TPSA) is 128 Å². The van der Waals surface area contributed by atoms with Gasteiger partial charge in [0.25, 0.3) is 11.8 Å². The Kier molecular flexibility index (Phi) is 7.78. The second-order valence-electron chi connectivity index (χ2n) is 7.57. The molecule has 174 valence electrons. The van der Waals surface area contributed by atoms with Gasteiger partial charge in [0, 0.05) is 23.4 Å². The molecule has 9 nitrogen and oxygen atoms in total. The summed E-state index contributed by atoms with van der Waals surface area (Å²) < 4.78 is 9.58. The zero-order chi connectivity index (χ0) is 24.0. The predicted octanol–water partition coefficient (Wildman–Crippen LogP) is 2.00. The van der Waals surface area contributed by atoms with Crippen molar-refractivity contribution < 1.29 is 28.7 Å². The fraction of sp³-hybridized carbons (Fsp3) is 0.333. The Hall–Kier alpha value is -3.72. The molecule has 0 unspecified atom stereocenters. The summed E-state index contributed by atoms with van der Waals surface area (Å²) in [6, 6.07) is 9.68. The molecule has 2 amide bonds. The van der Waals surface area contributed by atoms with Crippen molar-refractivity contribution in [1.29, 1.82) is 0 Å². The highest BCUT2D eigenvalue weighted by Gasteiger charge is 2.36. The Morgan fingerprint density at radius 1 is 0.970 bits per heavy atom. The second kappa shape index (κ2) is 10.7. The Labute approximate surface area is 191 Å². The van der Waals surface area contributed by atoms with Crippen molar-refractivity contribution in [3.8, 4) is 0 Å². The van der Waals surface area contributed by atoms with Gasteiger partial charge >= 0.3 is 11.9 Å². The number of amides is 2. The van der Waals surface area contributed by atoms with Gasteiger partial charge in [-0.1, -0.05) is 0 Å². The highest BCUT2D eigenvalue weighted by Crippen LogP contribution is 2.25. The lowest BCUT2D eigenvalue weighted by atomic mass is 10.0. The quantitative estimate of drug-likeness (QED) is 0.459. The number of esters is 2. The maximum Gasteiger partial charge on any atom is 0.337 e. The zero-order valence-corrected chi connectivity index (χ0v) is 18.6. The van der Waals surface area contributed by atoms with Gasteiger partial charge in [0.05, 0.1) is 19.8 Å². The second-order valence-corrected chi connectivity index (χ2v) is 7.57. The van der Waals surface area contributed by atoms with E-state index in [9.17, 15) is 19.2 Å². The van der Waals surface area contributed by atoms with Crippen molar-refractivity contribution in [2.75, 3.05) is 32.6 Å². The lowest BCUT2D eigenvalue weighted by Gasteiger charge is -2.28. The molecule has 0 spiro atoms. The summed E-state index contributed by atoms with van der Waals surface area (Å²) in [6.07, 6.45) is 1.33. The summed E-state index contributed by atoms with van der Waals surface area (Å²) in [7, 11) is 2.46. The average Bonchev–Trinajstić information content (AvgIpc) is 3.33. The summed E-state index contributed by atoms with van der Waals surface area (Å²) in [5.41, 5.74) is 8.21. The third-order valence-corrected chi connectivity index (χ3v) is 5.52. The molecule has 3 rings (SSSR count). The summed E-state index contributed by atoms with van der Waals surface area (Å²) in [5.74, 6) is -2.55. The smallest absolute Gasteiger partial charge is 0.337 e. The molecular weight excluding hydrogens is 426 g/mol. The van der Waals surface area contributed by atoms with Crippen molar-refractivity contribution in [1.82, 2.24) is 4.90 Å². The molecule has 3 N–H and O–H groups in total. The van der Waals surface area contributed by atoms with Crippen molar-refractivity contribution in [2.24, 2.45) is 5.73 Å². The third kappa shape index (κ3) is 5.20. The first-order valence-electron chi connectivity index (χ1n) is 10.6. The SMILES string of the molecule is COC(=O)c1ccc(C(=O)N(C(=O)c2ccc3c(c2)CCN3)[C@@H](CCCN)C(=O)OC)cc1. The molecule has 0 saturated carbocycles. The molecule has 9 heteroatoms. The van der Waals surface area contributed by atoms with Gasteiger partial charge in [-0.2, -0.15) is 0 Å². The monoisotopic (exact) mass is 453 g/mol. The van der Waals surface area contributed by atoms with E-state index in [0.717, 1.165) is 29.1 Å². The van der Waals surface area contributed by atoms with Gasteiger partial charge in [-0.15, -0.1) is 0 Å². The van der Waals surface area contributed by atoms with Crippen LogP contribution in [0.25, 0.3) is 0 Å². The highest BCUT2D eigenvalue weighted by molar-refractivity contribution is 6.12. The number of nitrogens with two attached hydrogens (primary N) is 1. The van der Waals surface area contributed by atoms with E-state index >= 15 is 0 Å². The first-order valence-corrected chi connectivity index (χ1v) is 10.6. The van der Waals surface area contributed by atoms with E-state index in [0.29, 0.717) is 12.0 Å². The maximum atomic E-state index is 13.6. The molecule has 1 aliphatic heterocycles. The lowest BCUT2D eigenvalue weighted by molar-refractivity contribution is -0.145. The summed E-state index contributed by atoms with van der Waals surface area (Å²) in [4.78, 5) is 52.4. The number of rotatable bonds is 8. The van der Waals surface area contributed by atoms with Crippen LogP contribution >= 0.6 is 0 Å². The first-order chi connectivity index (χ1) is 15.9. The van der Waals surface area contributed by atoms with E-state index < -0.39 is 29.8 Å². The van der Waals surface area contributed by atoms with E-state index in [2.05, 4.69) is 10.1 Å². The largest absolute Gasteiger partial charge is 0.467 e. The molecule has 1 heterocycles. The van der Waals surface area contributed by atoms with E-state index in [1.807, 2.05) is 0 Å². The average molecular weight is 453 g/mol. The molecule has 2 aromatic carbocycles. The number of ether oxygens (including phenoxy) is 2. The Balaban J connectivity index is 2.01. The molecule has 0 aliphatic carbocycles. The number of imide groups is 1. The molecule has 0 saturated heterocycles. The summed E-state index contributed by atoms with van der Waals surface area (Å²) in [5, 5.41) is 3.22. The number of carbonyl (C=O) groups excluding carboxylic acids is 4. The number of nitrogens with one attached hydrogen (secondary N) is 1. The minimum Gasteiger partial charge on any atom is -0.467 e. The van der Waals surface area contributed by atoms with Crippen LogP contribution in [0.3, 0.4) is 0 Å². The molecule has 2 aromatic rings. The van der Waals surface area contributed by atoms with Crippen LogP contribution in [-0.2, 0) is 20.7 Å². The number of carbonyl (C=O) groups is 4. The van der Waals surface area contributed by atoms with Crippen LogP contribution in [0, 0.1) is 0 Å². The summed E-state index contributed by atoms with van der Waals surface area (Å²) >= 11 is 0. The molecule has 1 aliphatic rings. The van der Waals surface area contributed by atoms with Crippen LogP contribution in [0.15, 0.2) is 42.5 Å². The molecule has 33 heavy (non-hydrogen) atoms. The van der Waals surface area contributed by atoms with E-state index in [1.54, 1.807) is 18.2 Å². The van der Waals surface area contributed by atoms with Crippen molar-refractivity contribution >= 4 is 29.4 Å². The summed E-state index contributed by atoms with van der Waals surface area (Å²) in [6.45, 7) is 1.05. The standard InChI is InChI=1S/C24H27N3O6/c1-32-23(30)16-7-5-15(6-8-16)21(28)27(20(4-3-12-25)24(31)33-2)22(29)18-9-10-19-17(14-18)11-13-26-19/h5-10,14,20,26H,3-4,11-13,25H2,1-2H3/t20-/m0/s1. The van der Waals surface area contributed by atoms with Crippen LogP contribution in [0.4, 0.5) is 5.69 Å². The molecule has 0 radical (unpaired) electrons. The van der Waals surface area contributed by atoms with Crippen LogP contribution in [-0.4, -0.2) is 62.0 Å². The van der Waals surface area contributed by atoms with Gasteiger partial charge in [-0.05, 0) is 73.8 Å². The minimum absolute atomic E-state index is 0.139. The molecule has 1 atom stereocenters. The van der Waals surface area contributed by atoms with Gasteiger partial charge in [0.2, 0.25) is 0 Å². The fourth-order valence-corrected chi connectivity index (χ4v) is 3.76. The minimum atomic E-state index is -1.15. The van der Waals surface area contributed by atoms with Crippen molar-refractivity contribution in [2.45, 2.75) is 25.3 Å². The predicted molar refractivity (Wildman–Crippen MR) is 121 cm³/mol. The van der Waals surface area contributed by atoms with Crippen molar-refractivity contribution in [3.05, 3.63) is 64.7 Å². The van der Waals surface area contributed by atoms with Gasteiger partial charge in [0.15, 0.2) is 0 Å². The zero-order valence-electron chi connectivity index (χ0n) is 18.6. The number of anilines is 1. The highest BCUT2D eigenvalue weighted by atomic mass is 16.5. The fourth-order valence-electron chi connectivity index (χ4n) is 3.76. The first kappa shape index (κ1) is 23.9. The maximum absolute atomic E-state index is 13.6. The van der Waals surface area contributed by atoms with Crippen LogP contribution in [0.5, 0.6) is 0 Å². The van der Waals surface area contributed by atoms with Crippen LogP contribution in [0.2, 0.25) is 0 Å². The van der Waals surface area contributed by atoms with Gasteiger partial charge < -0.3 is 20.5 Å². The van der Waals surface area contributed by atoms with Crippen molar-refractivity contribution in [3.63, 3.8) is 0 Å². The van der Waals surface area contributed by atoms with Crippen LogP contribution in [0.1, 0.15) is 49.5 Å². The Morgan fingerprint density at radius 3 is 2.24 bits per heavy atom. The number of benzene rings is 2. The van der Waals surface area contributed by atoms with Crippen LogP contribution < -0.4 is 11.1 Å². The van der Waals surface area contributed by atoms with Gasteiger partial charge in [-0.3, -0.25) is 14.5 Å². The Morgan fingerprint density at radius 2 is 1.61 bits per heavy atom. The number of fused-ring (bicyclic) bond motifs is 1.